The highest BCUT2D eigenvalue weighted by Gasteiger charge is 2.56. The molecule has 1 aliphatic rings. The fourth-order valence-electron chi connectivity index (χ4n) is 2.54. The van der Waals surface area contributed by atoms with Gasteiger partial charge in [-0.1, -0.05) is 32.4 Å². The lowest BCUT2D eigenvalue weighted by Crippen LogP contribution is -2.15. The second kappa shape index (κ2) is 3.42. The van der Waals surface area contributed by atoms with E-state index in [0.717, 1.165) is 18.4 Å². The zero-order chi connectivity index (χ0) is 12.0. The predicted octanol–water partition coefficient (Wildman–Crippen LogP) is 3.45. The molecule has 88 valence electrons. The molecule has 0 bridgehead atoms. The van der Waals surface area contributed by atoms with E-state index in [0.29, 0.717) is 11.5 Å². The van der Waals surface area contributed by atoms with Gasteiger partial charge in [-0.15, -0.1) is 0 Å². The molecule has 3 nitrogen and oxygen atoms in total. The lowest BCUT2D eigenvalue weighted by atomic mass is 9.99. The van der Waals surface area contributed by atoms with Crippen LogP contribution in [0.2, 0.25) is 0 Å². The number of hydrogen-bond acceptors (Lipinski definition) is 3. The molecular formula is C14H15NO2. The number of fused-ring (bicyclic) bond motifs is 1. The first-order valence-corrected chi connectivity index (χ1v) is 6.05. The molecule has 1 heterocycles. The summed E-state index contributed by atoms with van der Waals surface area (Å²) in [6.45, 7) is 4.13. The van der Waals surface area contributed by atoms with Crippen LogP contribution in [-0.4, -0.2) is 10.8 Å². The first-order valence-electron chi connectivity index (χ1n) is 6.05. The lowest BCUT2D eigenvalue weighted by Gasteiger charge is -2.04. The minimum atomic E-state index is -0.240. The second-order valence-electron chi connectivity index (χ2n) is 5.04. The zero-order valence-corrected chi connectivity index (χ0v) is 10.1. The van der Waals surface area contributed by atoms with Gasteiger partial charge in [-0.3, -0.25) is 4.79 Å². The SMILES string of the molecule is CCC1CC1(C)C(=O)c1nc2ccccc2o1. The maximum Gasteiger partial charge on any atom is 0.264 e. The molecule has 1 aromatic carbocycles. The molecule has 3 rings (SSSR count). The number of ketones is 1. The van der Waals surface area contributed by atoms with Crippen molar-refractivity contribution in [2.45, 2.75) is 26.7 Å². The van der Waals surface area contributed by atoms with Crippen LogP contribution in [0, 0.1) is 11.3 Å². The standard InChI is InChI=1S/C14H15NO2/c1-3-9-8-14(9,2)12(16)13-15-10-6-4-5-7-11(10)17-13/h4-7,9H,3,8H2,1-2H3. The van der Waals surface area contributed by atoms with Crippen LogP contribution in [0.3, 0.4) is 0 Å². The molecule has 0 N–H and O–H groups in total. The van der Waals surface area contributed by atoms with Crippen LogP contribution in [0.25, 0.3) is 11.1 Å². The van der Waals surface area contributed by atoms with E-state index in [9.17, 15) is 4.79 Å². The van der Waals surface area contributed by atoms with Crippen molar-refractivity contribution in [3.05, 3.63) is 30.2 Å². The Bertz CT molecular complexity index is 554. The van der Waals surface area contributed by atoms with Crippen LogP contribution >= 0.6 is 0 Å². The third-order valence-corrected chi connectivity index (χ3v) is 3.91. The van der Waals surface area contributed by atoms with E-state index in [-0.39, 0.29) is 17.1 Å². The number of carbonyl (C=O) groups excluding carboxylic acids is 1. The average molecular weight is 229 g/mol. The third-order valence-electron chi connectivity index (χ3n) is 3.91. The molecule has 1 saturated carbocycles. The number of nitrogens with zero attached hydrogens (tertiary/aromatic N) is 1. The summed E-state index contributed by atoms with van der Waals surface area (Å²) >= 11 is 0. The Hall–Kier alpha value is -1.64. The minimum absolute atomic E-state index is 0.0561. The topological polar surface area (TPSA) is 43.1 Å². The van der Waals surface area contributed by atoms with Crippen molar-refractivity contribution in [2.75, 3.05) is 0 Å². The number of carbonyl (C=O) groups is 1. The Morgan fingerprint density at radius 3 is 2.94 bits per heavy atom. The highest BCUT2D eigenvalue weighted by atomic mass is 16.4. The van der Waals surface area contributed by atoms with Gasteiger partial charge in [0, 0.05) is 5.41 Å². The summed E-state index contributed by atoms with van der Waals surface area (Å²) in [6, 6.07) is 7.48. The van der Waals surface area contributed by atoms with E-state index >= 15 is 0 Å². The number of hydrogen-bond donors (Lipinski definition) is 0. The lowest BCUT2D eigenvalue weighted by molar-refractivity contribution is 0.0866. The number of benzene rings is 1. The molecule has 0 radical (unpaired) electrons. The number of aromatic nitrogens is 1. The van der Waals surface area contributed by atoms with Gasteiger partial charge >= 0.3 is 0 Å². The van der Waals surface area contributed by atoms with Crippen molar-refractivity contribution in [3.8, 4) is 0 Å². The second-order valence-corrected chi connectivity index (χ2v) is 5.04. The molecule has 2 unspecified atom stereocenters. The van der Waals surface area contributed by atoms with Gasteiger partial charge < -0.3 is 4.42 Å². The molecule has 17 heavy (non-hydrogen) atoms. The largest absolute Gasteiger partial charge is 0.434 e. The van der Waals surface area contributed by atoms with Crippen molar-refractivity contribution in [1.82, 2.24) is 4.98 Å². The Balaban J connectivity index is 1.97. The summed E-state index contributed by atoms with van der Waals surface area (Å²) in [5, 5.41) is 0. The van der Waals surface area contributed by atoms with E-state index in [2.05, 4.69) is 11.9 Å². The quantitative estimate of drug-likeness (QED) is 0.757. The molecule has 1 fully saturated rings. The van der Waals surface area contributed by atoms with Gasteiger partial charge in [-0.25, -0.2) is 4.98 Å². The number of oxazole rings is 1. The normalized spacial score (nSPS) is 27.3. The maximum absolute atomic E-state index is 12.3. The molecule has 0 aliphatic heterocycles. The Morgan fingerprint density at radius 2 is 2.29 bits per heavy atom. The highest BCUT2D eigenvalue weighted by molar-refractivity contribution is 6.00. The molecule has 1 aromatic heterocycles. The molecule has 0 amide bonds. The Morgan fingerprint density at radius 1 is 1.53 bits per heavy atom. The van der Waals surface area contributed by atoms with Crippen molar-refractivity contribution in [2.24, 2.45) is 11.3 Å². The summed E-state index contributed by atoms with van der Waals surface area (Å²) in [5.41, 5.74) is 1.21. The van der Waals surface area contributed by atoms with Crippen molar-refractivity contribution >= 4 is 16.9 Å². The van der Waals surface area contributed by atoms with Crippen LogP contribution in [0.5, 0.6) is 0 Å². The third kappa shape index (κ3) is 1.49. The van der Waals surface area contributed by atoms with Gasteiger partial charge in [0.1, 0.15) is 5.52 Å². The van der Waals surface area contributed by atoms with Crippen LogP contribution < -0.4 is 0 Å². The first kappa shape index (κ1) is 10.5. The minimum Gasteiger partial charge on any atom is -0.434 e. The predicted molar refractivity (Wildman–Crippen MR) is 64.8 cm³/mol. The molecule has 2 aromatic rings. The van der Waals surface area contributed by atoms with E-state index in [4.69, 9.17) is 4.42 Å². The van der Waals surface area contributed by atoms with E-state index in [1.807, 2.05) is 31.2 Å². The van der Waals surface area contributed by atoms with E-state index in [1.165, 1.54) is 0 Å². The molecule has 1 aliphatic carbocycles. The maximum atomic E-state index is 12.3. The Kier molecular flexibility index (Phi) is 2.12. The molecular weight excluding hydrogens is 214 g/mol. The summed E-state index contributed by atoms with van der Waals surface area (Å²) in [5.74, 6) is 0.815. The summed E-state index contributed by atoms with van der Waals surface area (Å²) in [4.78, 5) is 16.6. The van der Waals surface area contributed by atoms with Crippen LogP contribution in [0.1, 0.15) is 37.4 Å². The van der Waals surface area contributed by atoms with Crippen LogP contribution in [0.15, 0.2) is 28.7 Å². The van der Waals surface area contributed by atoms with Gasteiger partial charge in [0.2, 0.25) is 5.78 Å². The van der Waals surface area contributed by atoms with Gasteiger partial charge in [0.05, 0.1) is 0 Å². The summed E-state index contributed by atoms with van der Waals surface area (Å²) in [6.07, 6.45) is 2.00. The van der Waals surface area contributed by atoms with Crippen molar-refractivity contribution in [1.29, 1.82) is 0 Å². The summed E-state index contributed by atoms with van der Waals surface area (Å²) in [7, 11) is 0. The van der Waals surface area contributed by atoms with Gasteiger partial charge in [0.25, 0.3) is 5.89 Å². The number of Topliss-reactive ketones (excluding diaryl/α,β-unsaturated/α-hetero) is 1. The number of rotatable bonds is 3. The Labute approximate surface area is 99.8 Å². The molecule has 0 spiro atoms. The van der Waals surface area contributed by atoms with E-state index < -0.39 is 0 Å². The average Bonchev–Trinajstić information content (AvgIpc) is 2.85. The van der Waals surface area contributed by atoms with Crippen molar-refractivity contribution in [3.63, 3.8) is 0 Å². The number of para-hydroxylation sites is 2. The first-order chi connectivity index (χ1) is 8.15. The van der Waals surface area contributed by atoms with Gasteiger partial charge in [0.15, 0.2) is 5.58 Å². The smallest absolute Gasteiger partial charge is 0.264 e. The van der Waals surface area contributed by atoms with Crippen molar-refractivity contribution < 1.29 is 9.21 Å². The van der Waals surface area contributed by atoms with Gasteiger partial charge in [-0.05, 0) is 24.5 Å². The molecule has 3 heteroatoms. The summed E-state index contributed by atoms with van der Waals surface area (Å²) < 4.78 is 5.53. The van der Waals surface area contributed by atoms with Crippen LogP contribution in [0.4, 0.5) is 0 Å². The molecule has 2 atom stereocenters. The molecule has 0 saturated heterocycles. The fourth-order valence-corrected chi connectivity index (χ4v) is 2.54. The van der Waals surface area contributed by atoms with Gasteiger partial charge in [-0.2, -0.15) is 0 Å². The fraction of sp³-hybridized carbons (Fsp3) is 0.429. The monoisotopic (exact) mass is 229 g/mol. The van der Waals surface area contributed by atoms with E-state index in [1.54, 1.807) is 0 Å². The highest BCUT2D eigenvalue weighted by Crippen LogP contribution is 2.55. The zero-order valence-electron chi connectivity index (χ0n) is 10.1. The van der Waals surface area contributed by atoms with Crippen LogP contribution in [-0.2, 0) is 0 Å².